The van der Waals surface area contributed by atoms with E-state index in [1.807, 2.05) is 42.5 Å². The predicted octanol–water partition coefficient (Wildman–Crippen LogP) is 17.1. The summed E-state index contributed by atoms with van der Waals surface area (Å²) in [6.45, 7) is 5.65. The highest BCUT2D eigenvalue weighted by atomic mass is 16.7. The van der Waals surface area contributed by atoms with E-state index in [4.69, 9.17) is 14.2 Å². The van der Waals surface area contributed by atoms with Crippen molar-refractivity contribution < 1.29 is 49.3 Å². The highest BCUT2D eigenvalue weighted by Gasteiger charge is 2.47. The number of unbranched alkanes of at least 4 members (excludes halogenated alkanes) is 37. The molecule has 1 amide bonds. The summed E-state index contributed by atoms with van der Waals surface area (Å²) in [5, 5.41) is 57.0. The lowest BCUT2D eigenvalue weighted by Gasteiger charge is -2.41. The van der Waals surface area contributed by atoms with E-state index < -0.39 is 67.4 Å². The Morgan fingerprint density at radius 3 is 1.35 bits per heavy atom. The predicted molar refractivity (Wildman–Crippen MR) is 343 cm³/mol. The van der Waals surface area contributed by atoms with Crippen molar-refractivity contribution in [2.45, 2.75) is 352 Å². The van der Waals surface area contributed by atoms with Gasteiger partial charge in [-0.15, -0.1) is 0 Å². The fourth-order valence-electron chi connectivity index (χ4n) is 10.5. The third-order valence-electron chi connectivity index (χ3n) is 15.9. The number of carbonyl (C=O) groups excluding carboxylic acids is 2. The molecular weight excluding hydrogens is 1030 g/mol. The first kappa shape index (κ1) is 77.1. The third-order valence-corrected chi connectivity index (χ3v) is 15.9. The van der Waals surface area contributed by atoms with Gasteiger partial charge < -0.3 is 45.1 Å². The summed E-state index contributed by atoms with van der Waals surface area (Å²) in [6.07, 6.45) is 65.3. The molecule has 0 aromatic heterocycles. The fraction of sp³-hybridized carbons (Fsp3) is 0.803. The van der Waals surface area contributed by atoms with Crippen molar-refractivity contribution in [3.05, 3.63) is 72.9 Å². The zero-order valence-corrected chi connectivity index (χ0v) is 52.9. The van der Waals surface area contributed by atoms with E-state index in [9.17, 15) is 35.1 Å². The monoisotopic (exact) mass is 1150 g/mol. The maximum absolute atomic E-state index is 13.4. The van der Waals surface area contributed by atoms with Gasteiger partial charge in [0.25, 0.3) is 0 Å². The number of allylic oxidation sites excluding steroid dienone is 11. The molecule has 0 aromatic carbocycles. The van der Waals surface area contributed by atoms with E-state index in [1.165, 1.54) is 186 Å². The van der Waals surface area contributed by atoms with Gasteiger partial charge in [-0.05, 0) is 70.6 Å². The van der Waals surface area contributed by atoms with Crippen LogP contribution < -0.4 is 5.32 Å². The molecule has 1 fully saturated rings. The van der Waals surface area contributed by atoms with Crippen LogP contribution in [0.5, 0.6) is 0 Å². The first-order chi connectivity index (χ1) is 40.2. The summed E-state index contributed by atoms with van der Waals surface area (Å²) >= 11 is 0. The summed E-state index contributed by atoms with van der Waals surface area (Å²) in [4.78, 5) is 26.6. The number of carbonyl (C=O) groups is 2. The zero-order valence-electron chi connectivity index (χ0n) is 52.9. The van der Waals surface area contributed by atoms with Crippen LogP contribution in [0.3, 0.4) is 0 Å². The third kappa shape index (κ3) is 45.5. The summed E-state index contributed by atoms with van der Waals surface area (Å²) in [5.41, 5.74) is 0. The Balaban J connectivity index is 2.54. The van der Waals surface area contributed by atoms with Crippen LogP contribution in [-0.4, -0.2) is 99.6 Å². The summed E-state index contributed by atoms with van der Waals surface area (Å²) in [7, 11) is 0. The lowest BCUT2D eigenvalue weighted by Crippen LogP contribution is -2.61. The smallest absolute Gasteiger partial charge is 0.306 e. The van der Waals surface area contributed by atoms with E-state index in [1.54, 1.807) is 6.08 Å². The molecule has 0 saturated carbocycles. The average Bonchev–Trinajstić information content (AvgIpc) is 3.68. The molecule has 1 aliphatic heterocycles. The Kier molecular flexibility index (Phi) is 55.0. The summed E-state index contributed by atoms with van der Waals surface area (Å²) in [5.74, 6) is -1.21. The van der Waals surface area contributed by atoms with Gasteiger partial charge in [0.1, 0.15) is 24.4 Å². The standard InChI is InChI=1S/C71H127NO10/c1-4-7-10-13-16-19-22-25-27-28-29-30-31-32-33-34-35-36-37-38-39-41-44-47-50-53-56-59-66(76)82-69-68(78)67(77)65(60-73)81-71(69)80-61-62(63(74)57-54-51-48-45-42-24-21-18-15-12-9-6-3)72-70(79)64(75)58-55-52-49-46-43-40-26-23-20-17-14-11-8-5-2/h8,11,14,17,20,23,25-27,40,54,57,62-65,67-69,71,73-75,77-78H,4-7,9-10,12-13,15-16,18-19,21-22,24,28-39,41-53,55-56,58-61H2,1-3H3,(H,72,79)/b11-8+,17-14+,23-20+,27-25+,40-26-,57-54+. The molecule has 476 valence electrons. The number of esters is 1. The molecule has 8 unspecified atom stereocenters. The molecule has 0 spiro atoms. The first-order valence-electron chi connectivity index (χ1n) is 34.3. The van der Waals surface area contributed by atoms with Crippen LogP contribution in [0.25, 0.3) is 0 Å². The Morgan fingerprint density at radius 1 is 0.488 bits per heavy atom. The van der Waals surface area contributed by atoms with Crippen molar-refractivity contribution in [2.75, 3.05) is 13.2 Å². The molecule has 1 heterocycles. The number of ether oxygens (including phenoxy) is 3. The molecular formula is C71H127NO10. The topological polar surface area (TPSA) is 175 Å². The van der Waals surface area contributed by atoms with Gasteiger partial charge in [0.15, 0.2) is 12.4 Å². The van der Waals surface area contributed by atoms with E-state index in [0.29, 0.717) is 12.8 Å². The quantitative estimate of drug-likeness (QED) is 0.0149. The number of amides is 1. The molecule has 0 radical (unpaired) electrons. The van der Waals surface area contributed by atoms with Crippen LogP contribution in [0.4, 0.5) is 0 Å². The number of aliphatic hydroxyl groups excluding tert-OH is 5. The van der Waals surface area contributed by atoms with Gasteiger partial charge in [-0.1, -0.05) is 299 Å². The number of hydrogen-bond donors (Lipinski definition) is 6. The van der Waals surface area contributed by atoms with Crippen molar-refractivity contribution >= 4 is 11.9 Å². The second-order valence-corrected chi connectivity index (χ2v) is 23.6. The molecule has 11 heteroatoms. The molecule has 1 aliphatic rings. The highest BCUT2D eigenvalue weighted by Crippen LogP contribution is 2.26. The van der Waals surface area contributed by atoms with Crippen LogP contribution in [-0.2, 0) is 23.8 Å². The molecule has 6 N–H and O–H groups in total. The molecule has 11 nitrogen and oxygen atoms in total. The van der Waals surface area contributed by atoms with Gasteiger partial charge in [0.05, 0.1) is 25.4 Å². The van der Waals surface area contributed by atoms with Crippen LogP contribution in [0.15, 0.2) is 72.9 Å². The van der Waals surface area contributed by atoms with Crippen molar-refractivity contribution in [2.24, 2.45) is 0 Å². The average molecular weight is 1150 g/mol. The highest BCUT2D eigenvalue weighted by molar-refractivity contribution is 5.80. The maximum Gasteiger partial charge on any atom is 0.306 e. The fourth-order valence-corrected chi connectivity index (χ4v) is 10.5. The summed E-state index contributed by atoms with van der Waals surface area (Å²) < 4.78 is 17.7. The van der Waals surface area contributed by atoms with Crippen molar-refractivity contribution in [1.82, 2.24) is 5.32 Å². The minimum atomic E-state index is -1.62. The van der Waals surface area contributed by atoms with Gasteiger partial charge in [0.2, 0.25) is 5.91 Å². The largest absolute Gasteiger partial charge is 0.454 e. The Bertz CT molecular complexity index is 1610. The number of aliphatic hydroxyl groups is 5. The van der Waals surface area contributed by atoms with E-state index in [0.717, 1.165) is 70.6 Å². The second kappa shape index (κ2) is 58.5. The maximum atomic E-state index is 13.4. The Morgan fingerprint density at radius 2 is 0.890 bits per heavy atom. The van der Waals surface area contributed by atoms with Gasteiger partial charge in [0, 0.05) is 6.42 Å². The minimum Gasteiger partial charge on any atom is -0.454 e. The number of nitrogens with one attached hydrogen (secondary N) is 1. The van der Waals surface area contributed by atoms with E-state index in [-0.39, 0.29) is 19.4 Å². The Hall–Kier alpha value is -2.90. The van der Waals surface area contributed by atoms with Crippen molar-refractivity contribution in [1.29, 1.82) is 0 Å². The van der Waals surface area contributed by atoms with Crippen LogP contribution in [0.1, 0.15) is 303 Å². The molecule has 1 saturated heterocycles. The van der Waals surface area contributed by atoms with E-state index in [2.05, 4.69) is 50.4 Å². The molecule has 0 aromatic rings. The zero-order chi connectivity index (χ0) is 59.6. The normalized spacial score (nSPS) is 19.0. The lowest BCUT2D eigenvalue weighted by molar-refractivity contribution is -0.305. The number of rotatable bonds is 58. The molecule has 1 rings (SSSR count). The second-order valence-electron chi connectivity index (χ2n) is 23.6. The molecule has 0 aliphatic carbocycles. The Labute approximate surface area is 502 Å². The van der Waals surface area contributed by atoms with Crippen LogP contribution in [0.2, 0.25) is 0 Å². The molecule has 82 heavy (non-hydrogen) atoms. The van der Waals surface area contributed by atoms with E-state index >= 15 is 0 Å². The van der Waals surface area contributed by atoms with Gasteiger partial charge in [-0.25, -0.2) is 0 Å². The first-order valence-corrected chi connectivity index (χ1v) is 34.3. The van der Waals surface area contributed by atoms with Gasteiger partial charge >= 0.3 is 5.97 Å². The van der Waals surface area contributed by atoms with Gasteiger partial charge in [-0.2, -0.15) is 0 Å². The lowest BCUT2D eigenvalue weighted by atomic mass is 9.99. The van der Waals surface area contributed by atoms with Crippen molar-refractivity contribution in [3.8, 4) is 0 Å². The number of hydrogen-bond acceptors (Lipinski definition) is 10. The van der Waals surface area contributed by atoms with Crippen LogP contribution >= 0.6 is 0 Å². The molecule has 8 atom stereocenters. The summed E-state index contributed by atoms with van der Waals surface area (Å²) in [6, 6.07) is -1.04. The van der Waals surface area contributed by atoms with Crippen molar-refractivity contribution in [3.63, 3.8) is 0 Å². The molecule has 0 bridgehead atoms. The minimum absolute atomic E-state index is 0.121. The van der Waals surface area contributed by atoms with Gasteiger partial charge in [-0.3, -0.25) is 9.59 Å². The van der Waals surface area contributed by atoms with Crippen LogP contribution in [0, 0.1) is 0 Å². The SMILES string of the molecule is CC/C=C/C=C/C=C/C=C\CCCCCCC(O)C(=O)NC(COC1OC(CO)C(O)C(O)C1OC(=O)CCCCCCCCCCCCCCCCCCC/C=C/CCCCCCCC)C(O)/C=C/CCCCCCCCCCCC.